The van der Waals surface area contributed by atoms with Gasteiger partial charge in [0.15, 0.2) is 0 Å². The number of aromatic nitrogens is 1. The summed E-state index contributed by atoms with van der Waals surface area (Å²) in [7, 11) is 1.46. The molecule has 3 aromatic rings. The number of hydrogen-bond donors (Lipinski definition) is 6. The lowest BCUT2D eigenvalue weighted by atomic mass is 10.0. The van der Waals surface area contributed by atoms with Crippen LogP contribution in [0.3, 0.4) is 0 Å². The minimum absolute atomic E-state index is 0.0417. The molecule has 5 rings (SSSR count). The molecular weight excluding hydrogens is 618 g/mol. The molecule has 2 fully saturated rings. The number of aromatic amines is 1. The first kappa shape index (κ1) is 34.1. The van der Waals surface area contributed by atoms with Crippen LogP contribution in [0.2, 0.25) is 0 Å². The molecule has 5 atom stereocenters. The molecular formula is C34H41N7O7. The molecule has 14 nitrogen and oxygen atoms in total. The molecule has 0 saturated carbocycles. The first-order valence-electron chi connectivity index (χ1n) is 16.0. The lowest BCUT2D eigenvalue weighted by Crippen LogP contribution is -2.56. The molecule has 2 aliphatic heterocycles. The van der Waals surface area contributed by atoms with Crippen LogP contribution in [0.1, 0.15) is 43.4 Å². The third kappa shape index (κ3) is 8.00. The Morgan fingerprint density at radius 1 is 0.917 bits per heavy atom. The van der Waals surface area contributed by atoms with Crippen LogP contribution in [0.4, 0.5) is 0 Å². The summed E-state index contributed by atoms with van der Waals surface area (Å²) in [5.41, 5.74) is 2.23. The van der Waals surface area contributed by atoms with Crippen molar-refractivity contribution < 1.29 is 33.9 Å². The van der Waals surface area contributed by atoms with Crippen LogP contribution in [0.15, 0.2) is 60.8 Å². The molecule has 48 heavy (non-hydrogen) atoms. The van der Waals surface area contributed by atoms with E-state index in [1.165, 1.54) is 23.8 Å². The molecule has 2 aliphatic rings. The molecule has 0 spiro atoms. The van der Waals surface area contributed by atoms with Crippen LogP contribution in [0.25, 0.3) is 10.9 Å². The number of carbonyl (C=O) groups is 6. The van der Waals surface area contributed by atoms with Crippen molar-refractivity contribution in [2.24, 2.45) is 0 Å². The number of hydrogen-bond acceptors (Lipinski definition) is 7. The SMILES string of the molecule is CNC(=O)CCC(=O)N1CC(=O)N[C@H](Cc2c[nH]c3ccccc23)C(=O)N2C[C@H](O)C[C@H]2C(=O)N[C@@H](C)C(=O)N[C@H](c2ccccc2)C1. The van der Waals surface area contributed by atoms with E-state index in [4.69, 9.17) is 0 Å². The van der Waals surface area contributed by atoms with Crippen molar-refractivity contribution in [3.63, 3.8) is 0 Å². The van der Waals surface area contributed by atoms with E-state index in [0.29, 0.717) is 5.56 Å². The molecule has 0 aliphatic carbocycles. The lowest BCUT2D eigenvalue weighted by molar-refractivity contribution is -0.142. The van der Waals surface area contributed by atoms with Gasteiger partial charge in [-0.2, -0.15) is 0 Å². The fourth-order valence-corrected chi connectivity index (χ4v) is 6.21. The van der Waals surface area contributed by atoms with E-state index in [2.05, 4.69) is 26.3 Å². The first-order valence-corrected chi connectivity index (χ1v) is 16.0. The van der Waals surface area contributed by atoms with Gasteiger partial charge in [-0.05, 0) is 24.1 Å². The highest BCUT2D eigenvalue weighted by atomic mass is 16.3. The number of H-pyrrole nitrogens is 1. The van der Waals surface area contributed by atoms with E-state index >= 15 is 0 Å². The molecule has 6 amide bonds. The molecule has 1 aromatic heterocycles. The molecule has 0 bridgehead atoms. The van der Waals surface area contributed by atoms with Crippen LogP contribution in [0, 0.1) is 0 Å². The van der Waals surface area contributed by atoms with Crippen molar-refractivity contribution in [1.29, 1.82) is 0 Å². The second-order valence-electron chi connectivity index (χ2n) is 12.2. The van der Waals surface area contributed by atoms with Crippen LogP contribution in [-0.4, -0.2) is 106 Å². The van der Waals surface area contributed by atoms with Crippen LogP contribution < -0.4 is 21.3 Å². The predicted octanol–water partition coefficient (Wildman–Crippen LogP) is -0.112. The average molecular weight is 660 g/mol. The molecule has 254 valence electrons. The maximum atomic E-state index is 14.2. The van der Waals surface area contributed by atoms with Crippen molar-refractivity contribution >= 4 is 46.3 Å². The summed E-state index contributed by atoms with van der Waals surface area (Å²) in [5.74, 6) is -3.26. The highest BCUT2D eigenvalue weighted by molar-refractivity contribution is 5.96. The highest BCUT2D eigenvalue weighted by Crippen LogP contribution is 2.24. The predicted molar refractivity (Wildman–Crippen MR) is 175 cm³/mol. The Labute approximate surface area is 277 Å². The molecule has 6 N–H and O–H groups in total. The van der Waals surface area contributed by atoms with Gasteiger partial charge in [0.25, 0.3) is 0 Å². The van der Waals surface area contributed by atoms with Crippen molar-refractivity contribution in [2.45, 2.75) is 62.9 Å². The summed E-state index contributed by atoms with van der Waals surface area (Å²) in [6, 6.07) is 12.3. The van der Waals surface area contributed by atoms with Gasteiger partial charge in [-0.1, -0.05) is 48.5 Å². The summed E-state index contributed by atoms with van der Waals surface area (Å²) < 4.78 is 0. The van der Waals surface area contributed by atoms with Gasteiger partial charge in [-0.15, -0.1) is 0 Å². The number of nitrogens with one attached hydrogen (secondary N) is 5. The fraction of sp³-hybridized carbons (Fsp3) is 0.412. The number of nitrogens with zero attached hydrogens (tertiary/aromatic N) is 2. The van der Waals surface area contributed by atoms with Gasteiger partial charge in [0, 0.05) is 62.9 Å². The Hall–Kier alpha value is -5.24. The Kier molecular flexibility index (Phi) is 10.7. The minimum atomic E-state index is -1.16. The summed E-state index contributed by atoms with van der Waals surface area (Å²) in [6.07, 6.45) is 0.469. The maximum absolute atomic E-state index is 14.2. The first-order chi connectivity index (χ1) is 23.0. The number of carbonyl (C=O) groups excluding carboxylic acids is 6. The summed E-state index contributed by atoms with van der Waals surface area (Å²) in [4.78, 5) is 86.1. The molecule has 3 heterocycles. The van der Waals surface area contributed by atoms with Crippen LogP contribution >= 0.6 is 0 Å². The van der Waals surface area contributed by atoms with Crippen molar-refractivity contribution in [3.8, 4) is 0 Å². The zero-order valence-electron chi connectivity index (χ0n) is 26.9. The second-order valence-corrected chi connectivity index (χ2v) is 12.2. The Morgan fingerprint density at radius 3 is 2.40 bits per heavy atom. The van der Waals surface area contributed by atoms with E-state index in [-0.39, 0.29) is 44.7 Å². The van der Waals surface area contributed by atoms with Gasteiger partial charge in [-0.3, -0.25) is 28.8 Å². The Morgan fingerprint density at radius 2 is 1.65 bits per heavy atom. The third-order valence-corrected chi connectivity index (χ3v) is 8.80. The number of aliphatic hydroxyl groups is 1. The molecule has 0 unspecified atom stereocenters. The molecule has 2 aromatic carbocycles. The van der Waals surface area contributed by atoms with Gasteiger partial charge in [0.05, 0.1) is 18.7 Å². The third-order valence-electron chi connectivity index (χ3n) is 8.80. The van der Waals surface area contributed by atoms with E-state index < -0.39 is 66.4 Å². The van der Waals surface area contributed by atoms with Crippen LogP contribution in [-0.2, 0) is 35.2 Å². The maximum Gasteiger partial charge on any atom is 0.246 e. The molecule has 2 saturated heterocycles. The number of aliphatic hydroxyl groups excluding tert-OH is 1. The monoisotopic (exact) mass is 659 g/mol. The van der Waals surface area contributed by atoms with Gasteiger partial charge in [0.1, 0.15) is 18.1 Å². The number of fused-ring (bicyclic) bond motifs is 2. The van der Waals surface area contributed by atoms with Gasteiger partial charge < -0.3 is 41.2 Å². The normalized spacial score (nSPS) is 24.2. The van der Waals surface area contributed by atoms with E-state index in [1.807, 2.05) is 24.3 Å². The summed E-state index contributed by atoms with van der Waals surface area (Å²) in [5, 5.41) is 22.2. The minimum Gasteiger partial charge on any atom is -0.391 e. The summed E-state index contributed by atoms with van der Waals surface area (Å²) in [6.45, 7) is 0.765. The smallest absolute Gasteiger partial charge is 0.246 e. The average Bonchev–Trinajstić information content (AvgIpc) is 3.68. The van der Waals surface area contributed by atoms with Crippen molar-refractivity contribution in [3.05, 3.63) is 71.9 Å². The fourth-order valence-electron chi connectivity index (χ4n) is 6.21. The number of benzene rings is 2. The number of rotatable bonds is 6. The van der Waals surface area contributed by atoms with E-state index in [1.54, 1.807) is 36.5 Å². The second kappa shape index (κ2) is 15.1. The standard InChI is InChI=1S/C34H41N7O7/c1-20-32(46)39-27(21-8-4-3-5-9-21)18-40(31(45)13-12-29(43)35-2)19-30(44)38-26(14-22-16-36-25-11-7-6-10-24(22)25)34(48)41-17-23(42)15-28(41)33(47)37-20/h3-11,16,20,23,26-28,36,42H,12-15,17-19H2,1-2H3,(H,35,43)(H,37,47)(H,38,44)(H,39,46)/t20-,23+,26+,27-,28-/m0/s1. The topological polar surface area (TPSA) is 193 Å². The quantitative estimate of drug-likeness (QED) is 0.213. The zero-order valence-corrected chi connectivity index (χ0v) is 26.9. The number of para-hydroxylation sites is 1. The Balaban J connectivity index is 1.52. The van der Waals surface area contributed by atoms with E-state index in [9.17, 15) is 33.9 Å². The Bertz CT molecular complexity index is 1680. The summed E-state index contributed by atoms with van der Waals surface area (Å²) >= 11 is 0. The number of amides is 6. The van der Waals surface area contributed by atoms with Gasteiger partial charge in [0.2, 0.25) is 35.4 Å². The zero-order chi connectivity index (χ0) is 34.4. The van der Waals surface area contributed by atoms with Gasteiger partial charge in [-0.25, -0.2) is 0 Å². The lowest BCUT2D eigenvalue weighted by Gasteiger charge is -2.30. The highest BCUT2D eigenvalue weighted by Gasteiger charge is 2.42. The molecule has 14 heteroatoms. The van der Waals surface area contributed by atoms with Gasteiger partial charge >= 0.3 is 0 Å². The largest absolute Gasteiger partial charge is 0.391 e. The van der Waals surface area contributed by atoms with E-state index in [0.717, 1.165) is 16.5 Å². The van der Waals surface area contributed by atoms with Crippen molar-refractivity contribution in [1.82, 2.24) is 36.1 Å². The van der Waals surface area contributed by atoms with Crippen LogP contribution in [0.5, 0.6) is 0 Å². The molecule has 0 radical (unpaired) electrons. The van der Waals surface area contributed by atoms with Crippen molar-refractivity contribution in [2.75, 3.05) is 26.7 Å².